The molecule has 1 aromatic rings. The summed E-state index contributed by atoms with van der Waals surface area (Å²) in [6, 6.07) is 10.4. The van der Waals surface area contributed by atoms with Crippen molar-refractivity contribution in [3.05, 3.63) is 35.9 Å². The summed E-state index contributed by atoms with van der Waals surface area (Å²) >= 11 is 8.17. The van der Waals surface area contributed by atoms with Crippen LogP contribution in [0.15, 0.2) is 30.3 Å². The normalized spacial score (nSPS) is 9.55. The van der Waals surface area contributed by atoms with Gasteiger partial charge in [-0.05, 0) is 34.3 Å². The second-order valence-electron chi connectivity index (χ2n) is 2.34. The molecule has 0 unspecified atom stereocenters. The first-order chi connectivity index (χ1) is 5.29. The summed E-state index contributed by atoms with van der Waals surface area (Å²) in [6.07, 6.45) is 1.98. The standard InChI is InChI=1S/C9H9BrS/c10-9(11)7-6-8-4-2-1-3-5-8/h1-5H,6-7H2. The maximum Gasteiger partial charge on any atom is 0.0583 e. The van der Waals surface area contributed by atoms with Gasteiger partial charge >= 0.3 is 0 Å². The molecule has 0 aliphatic carbocycles. The Morgan fingerprint density at radius 2 is 1.91 bits per heavy atom. The van der Waals surface area contributed by atoms with Gasteiger partial charge in [-0.15, -0.1) is 0 Å². The van der Waals surface area contributed by atoms with Crippen LogP contribution in [0.4, 0.5) is 0 Å². The summed E-state index contributed by atoms with van der Waals surface area (Å²) in [5, 5.41) is 0. The molecule has 1 aromatic carbocycles. The Kier molecular flexibility index (Phi) is 3.73. The number of rotatable bonds is 3. The monoisotopic (exact) mass is 228 g/mol. The van der Waals surface area contributed by atoms with E-state index in [1.54, 1.807) is 0 Å². The lowest BCUT2D eigenvalue weighted by Gasteiger charge is -1.96. The van der Waals surface area contributed by atoms with Gasteiger partial charge in [0, 0.05) is 0 Å². The molecule has 1 rings (SSSR count). The van der Waals surface area contributed by atoms with E-state index in [1.807, 2.05) is 18.2 Å². The quantitative estimate of drug-likeness (QED) is 0.565. The molecule has 0 aliphatic rings. The molecule has 0 fully saturated rings. The predicted molar refractivity (Wildman–Crippen MR) is 56.3 cm³/mol. The van der Waals surface area contributed by atoms with Gasteiger partial charge in [0.05, 0.1) is 3.77 Å². The van der Waals surface area contributed by atoms with Crippen LogP contribution in [0.1, 0.15) is 12.0 Å². The van der Waals surface area contributed by atoms with E-state index >= 15 is 0 Å². The minimum absolute atomic E-state index is 0.904. The Bertz CT molecular complexity index is 231. The third-order valence-corrected chi connectivity index (χ3v) is 2.05. The highest BCUT2D eigenvalue weighted by atomic mass is 79.9. The molecule has 0 aromatic heterocycles. The number of hydrogen-bond acceptors (Lipinski definition) is 1. The average Bonchev–Trinajstić information content (AvgIpc) is 2.03. The van der Waals surface area contributed by atoms with Gasteiger partial charge in [-0.25, -0.2) is 0 Å². The molecule has 0 amide bonds. The van der Waals surface area contributed by atoms with Crippen molar-refractivity contribution in [3.8, 4) is 0 Å². The first kappa shape index (κ1) is 8.88. The lowest BCUT2D eigenvalue weighted by molar-refractivity contribution is 1.06. The summed E-state index contributed by atoms with van der Waals surface area (Å²) < 4.78 is 0.904. The fourth-order valence-electron chi connectivity index (χ4n) is 0.887. The van der Waals surface area contributed by atoms with E-state index in [-0.39, 0.29) is 0 Å². The molecular formula is C9H9BrS. The number of benzene rings is 1. The Labute approximate surface area is 80.8 Å². The number of halogens is 1. The topological polar surface area (TPSA) is 0 Å². The van der Waals surface area contributed by atoms with Crippen LogP contribution >= 0.6 is 28.1 Å². The largest absolute Gasteiger partial charge is 0.0768 e. The van der Waals surface area contributed by atoms with Crippen molar-refractivity contribution in [1.29, 1.82) is 0 Å². The van der Waals surface area contributed by atoms with Crippen molar-refractivity contribution in [2.24, 2.45) is 0 Å². The molecule has 0 saturated carbocycles. The predicted octanol–water partition coefficient (Wildman–Crippen LogP) is 3.34. The third-order valence-electron chi connectivity index (χ3n) is 1.45. The van der Waals surface area contributed by atoms with Gasteiger partial charge in [0.25, 0.3) is 0 Å². The highest BCUT2D eigenvalue weighted by Crippen LogP contribution is 2.05. The molecule has 0 bridgehead atoms. The second kappa shape index (κ2) is 4.62. The van der Waals surface area contributed by atoms with E-state index in [2.05, 4.69) is 28.1 Å². The molecular weight excluding hydrogens is 220 g/mol. The van der Waals surface area contributed by atoms with Gasteiger partial charge in [-0.1, -0.05) is 42.5 Å². The van der Waals surface area contributed by atoms with Gasteiger partial charge in [-0.3, -0.25) is 0 Å². The summed E-state index contributed by atoms with van der Waals surface area (Å²) in [6.45, 7) is 0. The van der Waals surface area contributed by atoms with Crippen LogP contribution in [0.5, 0.6) is 0 Å². The highest BCUT2D eigenvalue weighted by molar-refractivity contribution is 9.20. The van der Waals surface area contributed by atoms with Crippen molar-refractivity contribution in [2.45, 2.75) is 12.8 Å². The number of aryl methyl sites for hydroxylation is 1. The summed E-state index contributed by atoms with van der Waals surface area (Å²) in [7, 11) is 0. The molecule has 0 spiro atoms. The van der Waals surface area contributed by atoms with E-state index in [0.717, 1.165) is 16.6 Å². The Balaban J connectivity index is 2.45. The van der Waals surface area contributed by atoms with E-state index in [1.165, 1.54) is 5.56 Å². The third kappa shape index (κ3) is 3.63. The SMILES string of the molecule is S=C(Br)CCc1ccccc1. The minimum atomic E-state index is 0.904. The fourth-order valence-corrected chi connectivity index (χ4v) is 1.19. The molecule has 2 heteroatoms. The van der Waals surface area contributed by atoms with Crippen molar-refractivity contribution in [3.63, 3.8) is 0 Å². The zero-order chi connectivity index (χ0) is 8.10. The van der Waals surface area contributed by atoms with Crippen LogP contribution in [-0.2, 0) is 6.42 Å². The van der Waals surface area contributed by atoms with E-state index in [9.17, 15) is 0 Å². The van der Waals surface area contributed by atoms with Crippen molar-refractivity contribution < 1.29 is 0 Å². The Hall–Kier alpha value is -0.210. The van der Waals surface area contributed by atoms with E-state index < -0.39 is 0 Å². The van der Waals surface area contributed by atoms with E-state index in [0.29, 0.717) is 0 Å². The smallest absolute Gasteiger partial charge is 0.0583 e. The van der Waals surface area contributed by atoms with Gasteiger partial charge in [0.2, 0.25) is 0 Å². The maximum atomic E-state index is 4.91. The van der Waals surface area contributed by atoms with Crippen molar-refractivity contribution in [2.75, 3.05) is 0 Å². The summed E-state index contributed by atoms with van der Waals surface area (Å²) in [5.74, 6) is 0. The zero-order valence-corrected chi connectivity index (χ0v) is 8.49. The van der Waals surface area contributed by atoms with Crippen LogP contribution < -0.4 is 0 Å². The van der Waals surface area contributed by atoms with Gasteiger partial charge in [0.15, 0.2) is 0 Å². The Morgan fingerprint density at radius 1 is 1.27 bits per heavy atom. The second-order valence-corrected chi connectivity index (χ2v) is 4.32. The Morgan fingerprint density at radius 3 is 2.45 bits per heavy atom. The molecule has 0 atom stereocenters. The number of thiocarbonyl (C=S) groups is 1. The average molecular weight is 229 g/mol. The molecule has 11 heavy (non-hydrogen) atoms. The van der Waals surface area contributed by atoms with Crippen LogP contribution in [-0.4, -0.2) is 3.77 Å². The first-order valence-electron chi connectivity index (χ1n) is 3.51. The van der Waals surface area contributed by atoms with Gasteiger partial charge in [0.1, 0.15) is 0 Å². The van der Waals surface area contributed by atoms with Crippen molar-refractivity contribution in [1.82, 2.24) is 0 Å². The van der Waals surface area contributed by atoms with Crippen LogP contribution in [0.2, 0.25) is 0 Å². The minimum Gasteiger partial charge on any atom is -0.0768 e. The molecule has 0 N–H and O–H groups in total. The zero-order valence-electron chi connectivity index (χ0n) is 6.09. The first-order valence-corrected chi connectivity index (χ1v) is 4.71. The molecule has 0 aliphatic heterocycles. The maximum absolute atomic E-state index is 4.91. The molecule has 58 valence electrons. The van der Waals surface area contributed by atoms with Crippen molar-refractivity contribution >= 4 is 31.9 Å². The molecule has 0 heterocycles. The fraction of sp³-hybridized carbons (Fsp3) is 0.222. The lowest BCUT2D eigenvalue weighted by Crippen LogP contribution is -1.87. The van der Waals surface area contributed by atoms with Crippen LogP contribution in [0.25, 0.3) is 0 Å². The van der Waals surface area contributed by atoms with Gasteiger partial charge < -0.3 is 0 Å². The van der Waals surface area contributed by atoms with Gasteiger partial charge in [-0.2, -0.15) is 0 Å². The molecule has 0 radical (unpaired) electrons. The molecule has 0 saturated heterocycles. The lowest BCUT2D eigenvalue weighted by atomic mass is 10.1. The van der Waals surface area contributed by atoms with Crippen LogP contribution in [0, 0.1) is 0 Å². The molecule has 0 nitrogen and oxygen atoms in total. The summed E-state index contributed by atoms with van der Waals surface area (Å²) in [5.41, 5.74) is 1.34. The summed E-state index contributed by atoms with van der Waals surface area (Å²) in [4.78, 5) is 0. The van der Waals surface area contributed by atoms with E-state index in [4.69, 9.17) is 12.2 Å². The highest BCUT2D eigenvalue weighted by Gasteiger charge is 1.92. The number of hydrogen-bond donors (Lipinski definition) is 0. The van der Waals surface area contributed by atoms with Crippen LogP contribution in [0.3, 0.4) is 0 Å².